The molecule has 1 saturated heterocycles. The van der Waals surface area contributed by atoms with Crippen molar-refractivity contribution >= 4 is 35.1 Å². The van der Waals surface area contributed by atoms with Crippen LogP contribution in [0, 0.1) is 5.82 Å². The number of benzene rings is 1. The van der Waals surface area contributed by atoms with Crippen LogP contribution in [0.2, 0.25) is 0 Å². The lowest BCUT2D eigenvalue weighted by Crippen LogP contribution is -2.37. The van der Waals surface area contributed by atoms with Gasteiger partial charge in [-0.2, -0.15) is 0 Å². The number of amides is 3. The van der Waals surface area contributed by atoms with Crippen LogP contribution in [0.15, 0.2) is 24.3 Å². The summed E-state index contributed by atoms with van der Waals surface area (Å²) in [6, 6.07) is 4.51. The minimum atomic E-state index is -0.596. The highest BCUT2D eigenvalue weighted by Gasteiger charge is 2.33. The molecule has 2 aliphatic heterocycles. The molecule has 0 aliphatic carbocycles. The number of carbonyl (C=O) groups is 4. The van der Waals surface area contributed by atoms with Crippen molar-refractivity contribution < 1.29 is 33.0 Å². The lowest BCUT2D eigenvalue weighted by atomic mass is 9.98. The largest absolute Gasteiger partial charge is 0.456 e. The van der Waals surface area contributed by atoms with Crippen LogP contribution in [0.4, 0.5) is 14.9 Å². The fourth-order valence-electron chi connectivity index (χ4n) is 3.42. The fourth-order valence-corrected chi connectivity index (χ4v) is 3.42. The predicted molar refractivity (Wildman–Crippen MR) is 109 cm³/mol. The summed E-state index contributed by atoms with van der Waals surface area (Å²) in [5.74, 6) is -1.53. The summed E-state index contributed by atoms with van der Waals surface area (Å²) >= 11 is 0. The third-order valence-corrected chi connectivity index (χ3v) is 5.02. The second-order valence-corrected chi connectivity index (χ2v) is 7.32. The summed E-state index contributed by atoms with van der Waals surface area (Å²) in [5, 5.41) is 2.59. The van der Waals surface area contributed by atoms with E-state index in [0.29, 0.717) is 30.8 Å². The molecule has 1 unspecified atom stereocenters. The van der Waals surface area contributed by atoms with E-state index in [1.54, 1.807) is 18.2 Å². The highest BCUT2D eigenvalue weighted by atomic mass is 19.1. The van der Waals surface area contributed by atoms with Gasteiger partial charge in [-0.3, -0.25) is 19.3 Å². The molecule has 0 bridgehead atoms. The molecule has 2 heterocycles. The molecule has 1 fully saturated rings. The molecule has 3 amide bonds. The zero-order valence-electron chi connectivity index (χ0n) is 17.4. The van der Waals surface area contributed by atoms with Crippen LogP contribution in [0.25, 0.3) is 5.57 Å². The molecule has 3 rings (SSSR count). The van der Waals surface area contributed by atoms with E-state index in [0.717, 1.165) is 5.57 Å². The first-order valence-electron chi connectivity index (χ1n) is 9.87. The molecule has 31 heavy (non-hydrogen) atoms. The second kappa shape index (κ2) is 9.59. The van der Waals surface area contributed by atoms with Gasteiger partial charge in [0.25, 0.3) is 5.91 Å². The first-order valence-corrected chi connectivity index (χ1v) is 9.87. The Hall–Kier alpha value is -3.43. The summed E-state index contributed by atoms with van der Waals surface area (Å²) in [6.45, 7) is 3.38. The van der Waals surface area contributed by atoms with Crippen molar-refractivity contribution in [3.05, 3.63) is 35.7 Å². The molecule has 2 aliphatic rings. The smallest absolute Gasteiger partial charge is 0.414 e. The summed E-state index contributed by atoms with van der Waals surface area (Å²) in [6.07, 6.45) is 1.12. The highest BCUT2D eigenvalue weighted by molar-refractivity contribution is 5.90. The average molecular weight is 433 g/mol. The monoisotopic (exact) mass is 433 g/mol. The number of nitrogens with zero attached hydrogens (tertiary/aromatic N) is 2. The molecule has 0 aromatic heterocycles. The lowest BCUT2D eigenvalue weighted by molar-refractivity contribution is -0.150. The van der Waals surface area contributed by atoms with Gasteiger partial charge in [0.05, 0.1) is 18.8 Å². The first kappa shape index (κ1) is 22.3. The number of esters is 1. The van der Waals surface area contributed by atoms with Gasteiger partial charge < -0.3 is 19.7 Å². The van der Waals surface area contributed by atoms with Gasteiger partial charge in [-0.25, -0.2) is 9.18 Å². The molecule has 0 spiro atoms. The molecule has 1 aromatic rings. The predicted octanol–water partition coefficient (Wildman–Crippen LogP) is 1.47. The molecular formula is C21H24FN3O6. The lowest BCUT2D eigenvalue weighted by Gasteiger charge is -2.26. The van der Waals surface area contributed by atoms with Crippen molar-refractivity contribution in [1.82, 2.24) is 10.2 Å². The maximum atomic E-state index is 14.8. The zero-order chi connectivity index (χ0) is 22.5. The number of ether oxygens (including phenoxy) is 2. The van der Waals surface area contributed by atoms with Gasteiger partial charge in [0, 0.05) is 32.5 Å². The van der Waals surface area contributed by atoms with Gasteiger partial charge in [0.2, 0.25) is 5.91 Å². The summed E-state index contributed by atoms with van der Waals surface area (Å²) in [4.78, 5) is 48.8. The molecule has 1 N–H and O–H groups in total. The van der Waals surface area contributed by atoms with Crippen molar-refractivity contribution in [3.63, 3.8) is 0 Å². The average Bonchev–Trinajstić information content (AvgIpc) is 3.11. The van der Waals surface area contributed by atoms with Gasteiger partial charge >= 0.3 is 12.1 Å². The van der Waals surface area contributed by atoms with E-state index in [1.807, 2.05) is 0 Å². The minimum absolute atomic E-state index is 0.192. The van der Waals surface area contributed by atoms with Crippen molar-refractivity contribution in [2.75, 3.05) is 37.7 Å². The van der Waals surface area contributed by atoms with Crippen LogP contribution in [0.5, 0.6) is 0 Å². The Labute approximate surface area is 178 Å². The van der Waals surface area contributed by atoms with E-state index in [9.17, 15) is 23.6 Å². The highest BCUT2D eigenvalue weighted by Crippen LogP contribution is 2.29. The minimum Gasteiger partial charge on any atom is -0.456 e. The number of anilines is 1. The third-order valence-electron chi connectivity index (χ3n) is 5.02. The Kier molecular flexibility index (Phi) is 6.88. The van der Waals surface area contributed by atoms with Gasteiger partial charge in [0.15, 0.2) is 6.61 Å². The Morgan fingerprint density at radius 2 is 2.06 bits per heavy atom. The summed E-state index contributed by atoms with van der Waals surface area (Å²) < 4.78 is 24.7. The number of hydrogen-bond acceptors (Lipinski definition) is 6. The van der Waals surface area contributed by atoms with E-state index in [-0.39, 0.29) is 31.5 Å². The topological polar surface area (TPSA) is 105 Å². The molecule has 1 atom stereocenters. The van der Waals surface area contributed by atoms with E-state index in [1.165, 1.54) is 29.7 Å². The van der Waals surface area contributed by atoms with Crippen LogP contribution in [0.3, 0.4) is 0 Å². The molecule has 0 radical (unpaired) electrons. The Bertz CT molecular complexity index is 932. The molecule has 0 saturated carbocycles. The standard InChI is InChI=1S/C21H24FN3O6/c1-13(26)23-10-17-11-25(21(29)31-17)16-3-4-18(19(22)9-16)15-5-7-24(8-6-15)20(28)12-30-14(2)27/h3-5,9,17H,6-8,10-12H2,1-2H3,(H,23,26). The maximum absolute atomic E-state index is 14.8. The number of hydrogen-bond donors (Lipinski definition) is 1. The number of cyclic esters (lactones) is 1. The molecule has 1 aromatic carbocycles. The van der Waals surface area contributed by atoms with Gasteiger partial charge in [-0.05, 0) is 30.2 Å². The maximum Gasteiger partial charge on any atom is 0.414 e. The normalized spacial score (nSPS) is 18.4. The Balaban J connectivity index is 1.64. The number of halogens is 1. The van der Waals surface area contributed by atoms with Gasteiger partial charge in [0.1, 0.15) is 11.9 Å². The van der Waals surface area contributed by atoms with E-state index in [2.05, 4.69) is 5.32 Å². The molecule has 10 heteroatoms. The van der Waals surface area contributed by atoms with Crippen molar-refractivity contribution in [2.45, 2.75) is 26.4 Å². The quantitative estimate of drug-likeness (QED) is 0.681. The number of carbonyl (C=O) groups excluding carboxylic acids is 4. The van der Waals surface area contributed by atoms with E-state index in [4.69, 9.17) is 9.47 Å². The van der Waals surface area contributed by atoms with Crippen molar-refractivity contribution in [2.24, 2.45) is 0 Å². The van der Waals surface area contributed by atoms with Crippen LogP contribution >= 0.6 is 0 Å². The third kappa shape index (κ3) is 5.59. The number of rotatable bonds is 6. The molecular weight excluding hydrogens is 409 g/mol. The van der Waals surface area contributed by atoms with E-state index < -0.39 is 24.0 Å². The molecule has 166 valence electrons. The van der Waals surface area contributed by atoms with Gasteiger partial charge in [-0.1, -0.05) is 6.08 Å². The number of nitrogens with one attached hydrogen (secondary N) is 1. The van der Waals surface area contributed by atoms with Crippen LogP contribution in [0.1, 0.15) is 25.8 Å². The first-order chi connectivity index (χ1) is 14.7. The van der Waals surface area contributed by atoms with E-state index >= 15 is 0 Å². The summed E-state index contributed by atoms with van der Waals surface area (Å²) in [5.41, 5.74) is 1.53. The van der Waals surface area contributed by atoms with Crippen LogP contribution in [-0.4, -0.2) is 67.7 Å². The van der Waals surface area contributed by atoms with Crippen LogP contribution in [-0.2, 0) is 23.9 Å². The van der Waals surface area contributed by atoms with Crippen LogP contribution < -0.4 is 10.2 Å². The van der Waals surface area contributed by atoms with Crippen molar-refractivity contribution in [3.8, 4) is 0 Å². The van der Waals surface area contributed by atoms with Gasteiger partial charge in [-0.15, -0.1) is 0 Å². The second-order valence-electron chi connectivity index (χ2n) is 7.32. The van der Waals surface area contributed by atoms with Crippen molar-refractivity contribution in [1.29, 1.82) is 0 Å². The summed E-state index contributed by atoms with van der Waals surface area (Å²) in [7, 11) is 0. The Morgan fingerprint density at radius 1 is 1.29 bits per heavy atom. The zero-order valence-corrected chi connectivity index (χ0v) is 17.4. The fraction of sp³-hybridized carbons (Fsp3) is 0.429. The molecule has 9 nitrogen and oxygen atoms in total. The SMILES string of the molecule is CC(=O)NCC1CN(c2ccc(C3=CCN(C(=O)COC(C)=O)CC3)c(F)c2)C(=O)O1. The Morgan fingerprint density at radius 3 is 2.68 bits per heavy atom.